The van der Waals surface area contributed by atoms with Gasteiger partial charge in [0.25, 0.3) is 11.8 Å². The maximum atomic E-state index is 12.3. The standard InChI is InChI=1S/C17H21F2N3O7/c1-3-6-20-17(26)22-13(23)9-28-14(24)8-21-15(25)10-4-5-11(29-16(18)19)12(7-10)27-2/h4-5,7,16H,3,6,8-9H2,1-2H3,(H,21,25)(H2,20,22,23,26). The zero-order chi connectivity index (χ0) is 21.8. The van der Waals surface area contributed by atoms with Crippen LogP contribution in [-0.2, 0) is 14.3 Å². The molecule has 0 unspecified atom stereocenters. The van der Waals surface area contributed by atoms with Crippen LogP contribution in [0.3, 0.4) is 0 Å². The fraction of sp³-hybridized carbons (Fsp3) is 0.412. The second-order valence-corrected chi connectivity index (χ2v) is 5.39. The van der Waals surface area contributed by atoms with E-state index < -0.39 is 43.6 Å². The number of benzene rings is 1. The van der Waals surface area contributed by atoms with Gasteiger partial charge in [0.05, 0.1) is 7.11 Å². The van der Waals surface area contributed by atoms with Crippen LogP contribution in [0.4, 0.5) is 13.6 Å². The van der Waals surface area contributed by atoms with Crippen LogP contribution < -0.4 is 25.4 Å². The average Bonchev–Trinajstić information content (AvgIpc) is 2.68. The molecule has 0 saturated carbocycles. The number of carbonyl (C=O) groups is 4. The Kier molecular flexibility index (Phi) is 9.85. The number of ether oxygens (including phenoxy) is 3. The molecular weight excluding hydrogens is 396 g/mol. The van der Waals surface area contributed by atoms with Crippen molar-refractivity contribution in [1.29, 1.82) is 0 Å². The fourth-order valence-electron chi connectivity index (χ4n) is 1.90. The molecular formula is C17H21F2N3O7. The number of nitrogens with one attached hydrogen (secondary N) is 3. The van der Waals surface area contributed by atoms with E-state index in [1.165, 1.54) is 13.2 Å². The van der Waals surface area contributed by atoms with Gasteiger partial charge in [-0.2, -0.15) is 8.78 Å². The Balaban J connectivity index is 2.46. The molecule has 29 heavy (non-hydrogen) atoms. The lowest BCUT2D eigenvalue weighted by Crippen LogP contribution is -2.42. The normalized spacial score (nSPS) is 10.1. The predicted molar refractivity (Wildman–Crippen MR) is 94.8 cm³/mol. The minimum absolute atomic E-state index is 0.0154. The van der Waals surface area contributed by atoms with Crippen molar-refractivity contribution < 1.29 is 42.2 Å². The van der Waals surface area contributed by atoms with Crippen LogP contribution in [0.5, 0.6) is 11.5 Å². The summed E-state index contributed by atoms with van der Waals surface area (Å²) >= 11 is 0. The molecule has 0 bridgehead atoms. The van der Waals surface area contributed by atoms with E-state index in [-0.39, 0.29) is 17.1 Å². The second kappa shape index (κ2) is 12.1. The molecule has 0 aliphatic carbocycles. The number of rotatable bonds is 10. The van der Waals surface area contributed by atoms with Gasteiger partial charge in [-0.1, -0.05) is 6.92 Å². The summed E-state index contributed by atoms with van der Waals surface area (Å²) in [5.74, 6) is -2.83. The summed E-state index contributed by atoms with van der Waals surface area (Å²) in [5.41, 5.74) is 0.0154. The van der Waals surface area contributed by atoms with Crippen molar-refractivity contribution in [3.8, 4) is 11.5 Å². The number of hydrogen-bond acceptors (Lipinski definition) is 7. The maximum Gasteiger partial charge on any atom is 0.387 e. The number of urea groups is 1. The van der Waals surface area contributed by atoms with Gasteiger partial charge in [0, 0.05) is 12.1 Å². The van der Waals surface area contributed by atoms with Gasteiger partial charge >= 0.3 is 18.6 Å². The van der Waals surface area contributed by atoms with Crippen LogP contribution in [0.1, 0.15) is 23.7 Å². The number of hydrogen-bond donors (Lipinski definition) is 3. The Hall–Kier alpha value is -3.44. The molecule has 4 amide bonds. The van der Waals surface area contributed by atoms with Crippen molar-refractivity contribution >= 4 is 23.8 Å². The summed E-state index contributed by atoms with van der Waals surface area (Å²) in [6, 6.07) is 2.75. The Morgan fingerprint density at radius 1 is 1.10 bits per heavy atom. The van der Waals surface area contributed by atoms with Crippen LogP contribution in [0.25, 0.3) is 0 Å². The monoisotopic (exact) mass is 417 g/mol. The van der Waals surface area contributed by atoms with Gasteiger partial charge in [-0.05, 0) is 24.6 Å². The SMILES string of the molecule is CCCNC(=O)NC(=O)COC(=O)CNC(=O)c1ccc(OC(F)F)c(OC)c1. The maximum absolute atomic E-state index is 12.3. The van der Waals surface area contributed by atoms with Crippen molar-refractivity contribution in [2.45, 2.75) is 20.0 Å². The number of carbonyl (C=O) groups excluding carboxylic acids is 4. The molecule has 0 spiro atoms. The molecule has 0 atom stereocenters. The molecule has 1 rings (SSSR count). The molecule has 0 aliphatic heterocycles. The fourth-order valence-corrected chi connectivity index (χ4v) is 1.90. The van der Waals surface area contributed by atoms with E-state index in [1.54, 1.807) is 0 Å². The smallest absolute Gasteiger partial charge is 0.387 e. The zero-order valence-corrected chi connectivity index (χ0v) is 15.8. The molecule has 0 fully saturated rings. The van der Waals surface area contributed by atoms with Gasteiger partial charge in [-0.3, -0.25) is 19.7 Å². The third kappa shape index (κ3) is 8.86. The summed E-state index contributed by atoms with van der Waals surface area (Å²) < 4.78 is 38.3. The lowest BCUT2D eigenvalue weighted by atomic mass is 10.2. The third-order valence-corrected chi connectivity index (χ3v) is 3.19. The summed E-state index contributed by atoms with van der Waals surface area (Å²) in [6.45, 7) is -2.12. The first kappa shape index (κ1) is 23.6. The highest BCUT2D eigenvalue weighted by atomic mass is 19.3. The van der Waals surface area contributed by atoms with Gasteiger partial charge in [0.1, 0.15) is 6.54 Å². The molecule has 1 aromatic carbocycles. The molecule has 10 nitrogen and oxygen atoms in total. The number of halogens is 2. The van der Waals surface area contributed by atoms with Crippen LogP contribution in [0.2, 0.25) is 0 Å². The van der Waals surface area contributed by atoms with Crippen LogP contribution in [-0.4, -0.2) is 57.2 Å². The number of esters is 1. The van der Waals surface area contributed by atoms with E-state index in [0.717, 1.165) is 12.1 Å². The summed E-state index contributed by atoms with van der Waals surface area (Å²) in [4.78, 5) is 46.3. The number of imide groups is 1. The number of methoxy groups -OCH3 is 1. The molecule has 1 aromatic rings. The van der Waals surface area contributed by atoms with Crippen LogP contribution in [0, 0.1) is 0 Å². The van der Waals surface area contributed by atoms with E-state index in [2.05, 4.69) is 20.1 Å². The first-order valence-corrected chi connectivity index (χ1v) is 8.41. The minimum atomic E-state index is -3.06. The van der Waals surface area contributed by atoms with Crippen molar-refractivity contribution in [1.82, 2.24) is 16.0 Å². The Labute approximate surface area is 164 Å². The van der Waals surface area contributed by atoms with Crippen molar-refractivity contribution in [2.75, 3.05) is 26.8 Å². The largest absolute Gasteiger partial charge is 0.493 e. The van der Waals surface area contributed by atoms with E-state index in [0.29, 0.717) is 13.0 Å². The van der Waals surface area contributed by atoms with Gasteiger partial charge < -0.3 is 24.8 Å². The van der Waals surface area contributed by atoms with Gasteiger partial charge in [-0.15, -0.1) is 0 Å². The quantitative estimate of drug-likeness (QED) is 0.480. The summed E-state index contributed by atoms with van der Waals surface area (Å²) in [5, 5.41) is 6.60. The molecule has 0 heterocycles. The van der Waals surface area contributed by atoms with Crippen LogP contribution in [0.15, 0.2) is 18.2 Å². The highest BCUT2D eigenvalue weighted by Gasteiger charge is 2.16. The lowest BCUT2D eigenvalue weighted by molar-refractivity contribution is -0.147. The van der Waals surface area contributed by atoms with Crippen molar-refractivity contribution in [2.24, 2.45) is 0 Å². The van der Waals surface area contributed by atoms with Gasteiger partial charge in [0.15, 0.2) is 18.1 Å². The van der Waals surface area contributed by atoms with Gasteiger partial charge in [-0.25, -0.2) is 4.79 Å². The van der Waals surface area contributed by atoms with E-state index >= 15 is 0 Å². The lowest BCUT2D eigenvalue weighted by Gasteiger charge is -2.11. The Bertz CT molecular complexity index is 744. The minimum Gasteiger partial charge on any atom is -0.493 e. The predicted octanol–water partition coefficient (Wildman–Crippen LogP) is 0.805. The van der Waals surface area contributed by atoms with E-state index in [9.17, 15) is 28.0 Å². The summed E-state index contributed by atoms with van der Waals surface area (Å²) in [7, 11) is 1.21. The summed E-state index contributed by atoms with van der Waals surface area (Å²) in [6.07, 6.45) is 0.685. The topological polar surface area (TPSA) is 132 Å². The number of amides is 4. The number of alkyl halides is 2. The van der Waals surface area contributed by atoms with E-state index in [4.69, 9.17) is 4.74 Å². The zero-order valence-electron chi connectivity index (χ0n) is 15.8. The first-order chi connectivity index (χ1) is 13.8. The van der Waals surface area contributed by atoms with Gasteiger partial charge in [0.2, 0.25) is 0 Å². The average molecular weight is 417 g/mol. The van der Waals surface area contributed by atoms with Crippen molar-refractivity contribution in [3.63, 3.8) is 0 Å². The molecule has 160 valence electrons. The van der Waals surface area contributed by atoms with E-state index in [1.807, 2.05) is 12.2 Å². The van der Waals surface area contributed by atoms with Crippen LogP contribution >= 0.6 is 0 Å². The molecule has 0 aromatic heterocycles. The molecule has 0 saturated heterocycles. The molecule has 0 aliphatic rings. The molecule has 12 heteroatoms. The second-order valence-electron chi connectivity index (χ2n) is 5.39. The first-order valence-electron chi connectivity index (χ1n) is 8.41. The highest BCUT2D eigenvalue weighted by Crippen LogP contribution is 2.29. The Morgan fingerprint density at radius 2 is 1.83 bits per heavy atom. The third-order valence-electron chi connectivity index (χ3n) is 3.19. The van der Waals surface area contributed by atoms with Crippen molar-refractivity contribution in [3.05, 3.63) is 23.8 Å². The Morgan fingerprint density at radius 3 is 2.45 bits per heavy atom. The molecule has 3 N–H and O–H groups in total. The molecule has 0 radical (unpaired) electrons. The highest BCUT2D eigenvalue weighted by molar-refractivity contribution is 5.97.